The van der Waals surface area contributed by atoms with Crippen molar-refractivity contribution in [3.8, 4) is 5.75 Å². The molecule has 0 bridgehead atoms. The summed E-state index contributed by atoms with van der Waals surface area (Å²) >= 11 is 0. The summed E-state index contributed by atoms with van der Waals surface area (Å²) in [6, 6.07) is 7.91. The number of nitrogens with zero attached hydrogens (tertiary/aromatic N) is 4. The highest BCUT2D eigenvalue weighted by Crippen LogP contribution is 2.30. The van der Waals surface area contributed by atoms with Gasteiger partial charge >= 0.3 is 0 Å². The Morgan fingerprint density at radius 2 is 2.28 bits per heavy atom. The summed E-state index contributed by atoms with van der Waals surface area (Å²) in [5.74, 6) is 0.999. The van der Waals surface area contributed by atoms with E-state index in [-0.39, 0.29) is 18.1 Å². The lowest BCUT2D eigenvalue weighted by Crippen LogP contribution is -2.49. The molecule has 2 aromatic rings. The zero-order valence-corrected chi connectivity index (χ0v) is 14.3. The molecule has 2 aliphatic rings. The van der Waals surface area contributed by atoms with Crippen molar-refractivity contribution in [2.24, 2.45) is 0 Å². The van der Waals surface area contributed by atoms with E-state index in [4.69, 9.17) is 9.47 Å². The zero-order chi connectivity index (χ0) is 17.2. The number of carbonyl (C=O) groups excluding carboxylic acids is 1. The molecule has 25 heavy (non-hydrogen) atoms. The number of hydrogen-bond acceptors (Lipinski definition) is 5. The quantitative estimate of drug-likeness (QED) is 0.844. The number of aromatic nitrogens is 3. The number of rotatable bonds is 4. The molecule has 0 radical (unpaired) electrons. The second kappa shape index (κ2) is 6.84. The normalized spacial score (nSPS) is 22.2. The van der Waals surface area contributed by atoms with Crippen LogP contribution in [-0.2, 0) is 22.6 Å². The maximum atomic E-state index is 12.7. The first-order valence-corrected chi connectivity index (χ1v) is 8.66. The summed E-state index contributed by atoms with van der Waals surface area (Å²) in [5.41, 5.74) is 2.04. The summed E-state index contributed by atoms with van der Waals surface area (Å²) in [7, 11) is 1.66. The highest BCUT2D eigenvalue weighted by molar-refractivity contribution is 5.76. The maximum Gasteiger partial charge on any atom is 0.222 e. The molecule has 1 fully saturated rings. The van der Waals surface area contributed by atoms with E-state index in [0.29, 0.717) is 26.0 Å². The Labute approximate surface area is 146 Å². The fourth-order valence-corrected chi connectivity index (χ4v) is 3.71. The van der Waals surface area contributed by atoms with Gasteiger partial charge in [-0.15, -0.1) is 5.10 Å². The summed E-state index contributed by atoms with van der Waals surface area (Å²) < 4.78 is 13.2. The molecule has 1 aromatic carbocycles. The molecule has 0 spiro atoms. The van der Waals surface area contributed by atoms with Crippen LogP contribution in [0.5, 0.6) is 5.75 Å². The number of aryl methyl sites for hydroxylation is 1. The highest BCUT2D eigenvalue weighted by atomic mass is 16.5. The van der Waals surface area contributed by atoms with Gasteiger partial charge in [-0.1, -0.05) is 23.4 Å². The molecule has 0 unspecified atom stereocenters. The van der Waals surface area contributed by atoms with Gasteiger partial charge in [0.05, 0.1) is 37.8 Å². The minimum Gasteiger partial charge on any atom is -0.496 e. The first-order chi connectivity index (χ1) is 12.3. The molecule has 1 saturated heterocycles. The van der Waals surface area contributed by atoms with Crippen LogP contribution in [0.1, 0.15) is 30.1 Å². The third kappa shape index (κ3) is 3.11. The largest absolute Gasteiger partial charge is 0.496 e. The number of para-hydroxylation sites is 1. The van der Waals surface area contributed by atoms with Gasteiger partial charge in [-0.2, -0.15) is 0 Å². The van der Waals surface area contributed by atoms with Crippen LogP contribution in [-0.4, -0.2) is 52.1 Å². The van der Waals surface area contributed by atoms with E-state index in [0.717, 1.165) is 30.0 Å². The summed E-state index contributed by atoms with van der Waals surface area (Å²) in [6.45, 7) is 1.91. The Morgan fingerprint density at radius 1 is 1.40 bits per heavy atom. The fraction of sp³-hybridized carbons (Fsp3) is 0.500. The summed E-state index contributed by atoms with van der Waals surface area (Å²) in [5, 5.41) is 8.16. The fourth-order valence-electron chi connectivity index (χ4n) is 3.71. The van der Waals surface area contributed by atoms with Crippen LogP contribution >= 0.6 is 0 Å². The van der Waals surface area contributed by atoms with Gasteiger partial charge in [-0.3, -0.25) is 4.79 Å². The van der Waals surface area contributed by atoms with Gasteiger partial charge in [0, 0.05) is 19.5 Å². The van der Waals surface area contributed by atoms with Crippen molar-refractivity contribution in [1.82, 2.24) is 19.9 Å². The van der Waals surface area contributed by atoms with Crippen LogP contribution in [0, 0.1) is 0 Å². The van der Waals surface area contributed by atoms with E-state index in [9.17, 15) is 4.79 Å². The Hall–Kier alpha value is -2.41. The van der Waals surface area contributed by atoms with Crippen molar-refractivity contribution in [3.05, 3.63) is 41.7 Å². The van der Waals surface area contributed by atoms with E-state index < -0.39 is 0 Å². The summed E-state index contributed by atoms with van der Waals surface area (Å²) in [4.78, 5) is 14.6. The molecule has 7 heteroatoms. The molecule has 0 N–H and O–H groups in total. The second-order valence-corrected chi connectivity index (χ2v) is 6.53. The van der Waals surface area contributed by atoms with E-state index in [1.807, 2.05) is 33.8 Å². The molecule has 0 aliphatic carbocycles. The van der Waals surface area contributed by atoms with Crippen LogP contribution in [0.15, 0.2) is 30.5 Å². The lowest BCUT2D eigenvalue weighted by molar-refractivity contribution is -0.138. The van der Waals surface area contributed by atoms with Crippen LogP contribution < -0.4 is 4.74 Å². The lowest BCUT2D eigenvalue weighted by atomic mass is 9.99. The van der Waals surface area contributed by atoms with Gasteiger partial charge in [-0.25, -0.2) is 4.68 Å². The van der Waals surface area contributed by atoms with Gasteiger partial charge < -0.3 is 14.4 Å². The predicted octanol–water partition coefficient (Wildman–Crippen LogP) is 1.59. The monoisotopic (exact) mass is 342 g/mol. The van der Waals surface area contributed by atoms with Crippen molar-refractivity contribution in [3.63, 3.8) is 0 Å². The Kier molecular flexibility index (Phi) is 4.40. The number of hydrogen-bond donors (Lipinski definition) is 0. The molecule has 3 heterocycles. The smallest absolute Gasteiger partial charge is 0.222 e. The van der Waals surface area contributed by atoms with E-state index in [1.165, 1.54) is 0 Å². The van der Waals surface area contributed by atoms with E-state index in [1.54, 1.807) is 13.3 Å². The van der Waals surface area contributed by atoms with Gasteiger partial charge in [0.1, 0.15) is 5.75 Å². The van der Waals surface area contributed by atoms with Crippen molar-refractivity contribution < 1.29 is 14.3 Å². The molecule has 1 aromatic heterocycles. The number of methoxy groups -OCH3 is 1. The SMILES string of the molecule is COc1ccccc1CCC(=O)N1CC[C@H]2OCc3cnnn3[C@@H]2C1. The van der Waals surface area contributed by atoms with E-state index in [2.05, 4.69) is 10.3 Å². The topological polar surface area (TPSA) is 69.5 Å². The molecule has 1 amide bonds. The van der Waals surface area contributed by atoms with Gasteiger partial charge in [0.2, 0.25) is 5.91 Å². The van der Waals surface area contributed by atoms with Gasteiger partial charge in [0.15, 0.2) is 0 Å². The number of piperidine rings is 1. The van der Waals surface area contributed by atoms with Crippen molar-refractivity contribution in [2.75, 3.05) is 20.2 Å². The number of amides is 1. The third-order valence-electron chi connectivity index (χ3n) is 5.08. The third-order valence-corrected chi connectivity index (χ3v) is 5.08. The number of benzene rings is 1. The first-order valence-electron chi connectivity index (χ1n) is 8.66. The minimum atomic E-state index is 0.0650. The number of ether oxygens (including phenoxy) is 2. The molecule has 7 nitrogen and oxygen atoms in total. The van der Waals surface area contributed by atoms with Crippen molar-refractivity contribution in [1.29, 1.82) is 0 Å². The van der Waals surface area contributed by atoms with Crippen LogP contribution in [0.3, 0.4) is 0 Å². The molecule has 132 valence electrons. The molecule has 2 atom stereocenters. The van der Waals surface area contributed by atoms with Gasteiger partial charge in [0.25, 0.3) is 0 Å². The Morgan fingerprint density at radius 3 is 3.16 bits per heavy atom. The molecule has 0 saturated carbocycles. The number of fused-ring (bicyclic) bond motifs is 3. The average Bonchev–Trinajstić information content (AvgIpc) is 3.15. The molecular weight excluding hydrogens is 320 g/mol. The zero-order valence-electron chi connectivity index (χ0n) is 14.3. The molecular formula is C18H22N4O3. The highest BCUT2D eigenvalue weighted by Gasteiger charge is 2.37. The maximum absolute atomic E-state index is 12.7. The van der Waals surface area contributed by atoms with Crippen LogP contribution in [0.25, 0.3) is 0 Å². The standard InChI is InChI=1S/C18H22N4O3/c1-24-16-5-3-2-4-13(16)6-7-18(23)21-9-8-17-15(11-21)22-14(12-25-17)10-19-20-22/h2-5,10,15,17H,6-9,11-12H2,1H3/t15-,17-/m1/s1. The minimum absolute atomic E-state index is 0.0650. The van der Waals surface area contributed by atoms with Crippen molar-refractivity contribution >= 4 is 5.91 Å². The van der Waals surface area contributed by atoms with Gasteiger partial charge in [-0.05, 0) is 24.5 Å². The Balaban J connectivity index is 1.40. The predicted molar refractivity (Wildman–Crippen MR) is 90.1 cm³/mol. The first kappa shape index (κ1) is 16.1. The molecule has 4 rings (SSSR count). The summed E-state index contributed by atoms with van der Waals surface area (Å²) in [6.07, 6.45) is 3.84. The average molecular weight is 342 g/mol. The number of likely N-dealkylation sites (tertiary alicyclic amines) is 1. The number of carbonyl (C=O) groups is 1. The second-order valence-electron chi connectivity index (χ2n) is 6.53. The van der Waals surface area contributed by atoms with Crippen LogP contribution in [0.2, 0.25) is 0 Å². The van der Waals surface area contributed by atoms with Crippen LogP contribution in [0.4, 0.5) is 0 Å². The lowest BCUT2D eigenvalue weighted by Gasteiger charge is -2.41. The van der Waals surface area contributed by atoms with Crippen molar-refractivity contribution in [2.45, 2.75) is 38.0 Å². The Bertz CT molecular complexity index is 760. The molecule has 2 aliphatic heterocycles. The van der Waals surface area contributed by atoms with E-state index >= 15 is 0 Å².